The molecule has 2 heterocycles. The maximum atomic E-state index is 11.2. The van der Waals surface area contributed by atoms with Crippen LogP contribution < -0.4 is 0 Å². The van der Waals surface area contributed by atoms with Gasteiger partial charge in [0.05, 0.1) is 30.0 Å². The second-order valence-electron chi connectivity index (χ2n) is 7.93. The predicted molar refractivity (Wildman–Crippen MR) is 75.4 cm³/mol. The van der Waals surface area contributed by atoms with Gasteiger partial charge in [-0.05, 0) is 47.0 Å². The lowest BCUT2D eigenvalue weighted by molar-refractivity contribution is -0.217. The molecule has 116 valence electrons. The van der Waals surface area contributed by atoms with E-state index in [4.69, 9.17) is 14.2 Å². The number of hydrogen-bond donors (Lipinski definition) is 1. The van der Waals surface area contributed by atoms with Gasteiger partial charge in [0, 0.05) is 18.8 Å². The van der Waals surface area contributed by atoms with E-state index in [9.17, 15) is 5.11 Å². The maximum Gasteiger partial charge on any atom is 0.168 e. The molecule has 0 aromatic carbocycles. The van der Waals surface area contributed by atoms with Crippen LogP contribution in [-0.2, 0) is 14.2 Å². The molecule has 3 rings (SSSR count). The highest BCUT2D eigenvalue weighted by molar-refractivity contribution is 5.06. The van der Waals surface area contributed by atoms with Gasteiger partial charge in [-0.15, -0.1) is 0 Å². The molecule has 0 aromatic heterocycles. The smallest absolute Gasteiger partial charge is 0.168 e. The summed E-state index contributed by atoms with van der Waals surface area (Å²) < 4.78 is 17.7. The lowest BCUT2D eigenvalue weighted by atomic mass is 9.67. The van der Waals surface area contributed by atoms with E-state index in [0.717, 1.165) is 32.1 Å². The molecular formula is C16H28O4. The van der Waals surface area contributed by atoms with Crippen LogP contribution in [0.3, 0.4) is 0 Å². The molecule has 3 aliphatic rings. The van der Waals surface area contributed by atoms with E-state index in [1.54, 1.807) is 0 Å². The fourth-order valence-corrected chi connectivity index (χ4v) is 4.60. The predicted octanol–water partition coefficient (Wildman–Crippen LogP) is 2.63. The third-order valence-electron chi connectivity index (χ3n) is 5.41. The molecule has 4 nitrogen and oxygen atoms in total. The molecule has 20 heavy (non-hydrogen) atoms. The van der Waals surface area contributed by atoms with Crippen molar-refractivity contribution in [2.75, 3.05) is 13.2 Å². The van der Waals surface area contributed by atoms with Gasteiger partial charge in [-0.25, -0.2) is 0 Å². The minimum absolute atomic E-state index is 0.153. The van der Waals surface area contributed by atoms with Crippen LogP contribution in [0, 0.1) is 5.92 Å². The molecule has 1 atom stereocenters. The Labute approximate surface area is 121 Å². The zero-order valence-electron chi connectivity index (χ0n) is 13.2. The Morgan fingerprint density at radius 1 is 0.900 bits per heavy atom. The fourth-order valence-electron chi connectivity index (χ4n) is 4.60. The summed E-state index contributed by atoms with van der Waals surface area (Å²) in [6.07, 6.45) is 3.96. The standard InChI is InChI=1S/C16H28O4/c1-13(2)11-12(14(3,4)20-13)15(17)5-7-16(8-6-15)18-9-10-19-16/h12,17H,5-11H2,1-4H3. The minimum atomic E-state index is -0.655. The molecule has 2 aliphatic heterocycles. The summed E-state index contributed by atoms with van der Waals surface area (Å²) in [5, 5.41) is 11.2. The SMILES string of the molecule is CC1(C)CC(C2(O)CCC3(CC2)OCCO3)C(C)(C)O1. The summed E-state index contributed by atoms with van der Waals surface area (Å²) in [6, 6.07) is 0. The van der Waals surface area contributed by atoms with Crippen molar-refractivity contribution in [3.63, 3.8) is 0 Å². The lowest BCUT2D eigenvalue weighted by Crippen LogP contribution is -2.52. The Kier molecular flexibility index (Phi) is 3.26. The normalized spacial score (nSPS) is 37.4. The van der Waals surface area contributed by atoms with E-state index in [1.165, 1.54) is 0 Å². The summed E-state index contributed by atoms with van der Waals surface area (Å²) in [5.41, 5.74) is -1.09. The summed E-state index contributed by atoms with van der Waals surface area (Å²) in [4.78, 5) is 0. The highest BCUT2D eigenvalue weighted by Gasteiger charge is 2.57. The number of hydrogen-bond acceptors (Lipinski definition) is 4. The van der Waals surface area contributed by atoms with Gasteiger partial charge in [-0.2, -0.15) is 0 Å². The van der Waals surface area contributed by atoms with Gasteiger partial charge in [-0.3, -0.25) is 0 Å². The molecule has 0 aromatic rings. The molecule has 2 saturated heterocycles. The first-order chi connectivity index (χ1) is 9.17. The van der Waals surface area contributed by atoms with Crippen molar-refractivity contribution in [1.29, 1.82) is 0 Å². The third-order valence-corrected chi connectivity index (χ3v) is 5.41. The largest absolute Gasteiger partial charge is 0.389 e. The summed E-state index contributed by atoms with van der Waals surface area (Å²) >= 11 is 0. The van der Waals surface area contributed by atoms with Crippen LogP contribution in [-0.4, -0.2) is 40.9 Å². The van der Waals surface area contributed by atoms with Crippen LogP contribution >= 0.6 is 0 Å². The minimum Gasteiger partial charge on any atom is -0.389 e. The van der Waals surface area contributed by atoms with Crippen molar-refractivity contribution in [3.05, 3.63) is 0 Å². The number of rotatable bonds is 1. The zero-order valence-corrected chi connectivity index (χ0v) is 13.2. The van der Waals surface area contributed by atoms with E-state index in [1.807, 2.05) is 0 Å². The van der Waals surface area contributed by atoms with Crippen LogP contribution in [0.1, 0.15) is 59.8 Å². The molecule has 4 heteroatoms. The van der Waals surface area contributed by atoms with E-state index < -0.39 is 11.4 Å². The maximum absolute atomic E-state index is 11.2. The Morgan fingerprint density at radius 3 is 1.90 bits per heavy atom. The van der Waals surface area contributed by atoms with Crippen LogP contribution in [0.2, 0.25) is 0 Å². The molecule has 1 N–H and O–H groups in total. The van der Waals surface area contributed by atoms with E-state index in [2.05, 4.69) is 27.7 Å². The average molecular weight is 284 g/mol. The van der Waals surface area contributed by atoms with Gasteiger partial charge in [0.2, 0.25) is 0 Å². The number of aliphatic hydroxyl groups is 1. The van der Waals surface area contributed by atoms with E-state index >= 15 is 0 Å². The molecule has 1 unspecified atom stereocenters. The van der Waals surface area contributed by atoms with Gasteiger partial charge < -0.3 is 19.3 Å². The Balaban J connectivity index is 1.74. The molecule has 1 aliphatic carbocycles. The molecule has 3 fully saturated rings. The van der Waals surface area contributed by atoms with Crippen LogP contribution in [0.5, 0.6) is 0 Å². The van der Waals surface area contributed by atoms with Crippen molar-refractivity contribution in [2.24, 2.45) is 5.92 Å². The summed E-state index contributed by atoms with van der Waals surface area (Å²) in [7, 11) is 0. The second kappa shape index (κ2) is 4.42. The van der Waals surface area contributed by atoms with Gasteiger partial charge in [0.25, 0.3) is 0 Å². The van der Waals surface area contributed by atoms with Gasteiger partial charge in [0.15, 0.2) is 5.79 Å². The topological polar surface area (TPSA) is 47.9 Å². The molecular weight excluding hydrogens is 256 g/mol. The Bertz CT molecular complexity index is 372. The first-order valence-electron chi connectivity index (χ1n) is 7.87. The quantitative estimate of drug-likeness (QED) is 0.804. The second-order valence-corrected chi connectivity index (χ2v) is 7.93. The summed E-state index contributed by atoms with van der Waals surface area (Å²) in [5.74, 6) is -0.241. The van der Waals surface area contributed by atoms with Crippen molar-refractivity contribution >= 4 is 0 Å². The molecule has 1 saturated carbocycles. The highest BCUT2D eigenvalue weighted by Crippen LogP contribution is 2.53. The van der Waals surface area contributed by atoms with Crippen molar-refractivity contribution in [3.8, 4) is 0 Å². The monoisotopic (exact) mass is 284 g/mol. The highest BCUT2D eigenvalue weighted by atomic mass is 16.7. The van der Waals surface area contributed by atoms with Gasteiger partial charge in [0.1, 0.15) is 0 Å². The third kappa shape index (κ3) is 2.41. The zero-order chi connectivity index (χ0) is 14.6. The fraction of sp³-hybridized carbons (Fsp3) is 1.00. The first-order valence-corrected chi connectivity index (χ1v) is 7.87. The van der Waals surface area contributed by atoms with Crippen molar-refractivity contribution < 1.29 is 19.3 Å². The molecule has 1 spiro atoms. The Hall–Kier alpha value is -0.160. The molecule has 0 amide bonds. The average Bonchev–Trinajstić information content (AvgIpc) is 2.86. The summed E-state index contributed by atoms with van der Waals surface area (Å²) in [6.45, 7) is 9.82. The van der Waals surface area contributed by atoms with E-state index in [-0.39, 0.29) is 17.1 Å². The van der Waals surface area contributed by atoms with Crippen molar-refractivity contribution in [1.82, 2.24) is 0 Å². The van der Waals surface area contributed by atoms with E-state index in [0.29, 0.717) is 13.2 Å². The van der Waals surface area contributed by atoms with Crippen LogP contribution in [0.15, 0.2) is 0 Å². The first kappa shape index (κ1) is 14.8. The molecule has 0 bridgehead atoms. The van der Waals surface area contributed by atoms with Gasteiger partial charge >= 0.3 is 0 Å². The lowest BCUT2D eigenvalue weighted by Gasteiger charge is -2.46. The Morgan fingerprint density at radius 2 is 1.45 bits per heavy atom. The van der Waals surface area contributed by atoms with Crippen LogP contribution in [0.4, 0.5) is 0 Å². The van der Waals surface area contributed by atoms with Crippen molar-refractivity contribution in [2.45, 2.75) is 82.4 Å². The number of ether oxygens (including phenoxy) is 3. The van der Waals surface area contributed by atoms with Gasteiger partial charge in [-0.1, -0.05) is 0 Å². The van der Waals surface area contributed by atoms with Crippen LogP contribution in [0.25, 0.3) is 0 Å². The molecule has 0 radical (unpaired) electrons.